The van der Waals surface area contributed by atoms with Crippen LogP contribution in [0.25, 0.3) is 0 Å². The normalized spacial score (nSPS) is 8.50. The van der Waals surface area contributed by atoms with Crippen LogP contribution in [-0.4, -0.2) is 16.5 Å². The van der Waals surface area contributed by atoms with E-state index in [-0.39, 0.29) is 11.4 Å². The van der Waals surface area contributed by atoms with Gasteiger partial charge in [-0.1, -0.05) is 13.8 Å². The number of hydrogen-bond donors (Lipinski definition) is 0. The fourth-order valence-corrected chi connectivity index (χ4v) is 0.788. The first-order valence-corrected chi connectivity index (χ1v) is 4.47. The predicted molar refractivity (Wildman–Crippen MR) is 53.4 cm³/mol. The Bertz CT molecular complexity index is 289. The summed E-state index contributed by atoms with van der Waals surface area (Å²) in [4.78, 5) is 13.5. The maximum Gasteiger partial charge on any atom is 0.329 e. The van der Waals surface area contributed by atoms with Gasteiger partial charge >= 0.3 is 5.69 Å². The van der Waals surface area contributed by atoms with E-state index in [0.717, 1.165) is 0 Å². The van der Waals surface area contributed by atoms with Crippen LogP contribution < -0.4 is 4.74 Å². The quantitative estimate of drug-likeness (QED) is 0.552. The lowest BCUT2D eigenvalue weighted by Crippen LogP contribution is -1.97. The van der Waals surface area contributed by atoms with Gasteiger partial charge in [-0.15, -0.1) is 0 Å². The third-order valence-corrected chi connectivity index (χ3v) is 1.26. The summed E-state index contributed by atoms with van der Waals surface area (Å²) in [6, 6.07) is 1.47. The molecule has 14 heavy (non-hydrogen) atoms. The Morgan fingerprint density at radius 2 is 2.21 bits per heavy atom. The molecule has 0 atom stereocenters. The zero-order chi connectivity index (χ0) is 11.0. The van der Waals surface area contributed by atoms with Crippen LogP contribution in [0.5, 0.6) is 5.75 Å². The van der Waals surface area contributed by atoms with Crippen LogP contribution in [0.1, 0.15) is 20.8 Å². The van der Waals surface area contributed by atoms with Crippen molar-refractivity contribution < 1.29 is 9.66 Å². The summed E-state index contributed by atoms with van der Waals surface area (Å²) >= 11 is 0. The topological polar surface area (TPSA) is 65.3 Å². The van der Waals surface area contributed by atoms with E-state index in [1.165, 1.54) is 18.5 Å². The Morgan fingerprint density at radius 3 is 2.71 bits per heavy atom. The number of hydrogen-bond acceptors (Lipinski definition) is 4. The Labute approximate surface area is 82.9 Å². The lowest BCUT2D eigenvalue weighted by atomic mass is 10.4. The van der Waals surface area contributed by atoms with Gasteiger partial charge in [0.2, 0.25) is 0 Å². The molecule has 5 nitrogen and oxygen atoms in total. The minimum absolute atomic E-state index is 0.0978. The number of ether oxygens (including phenoxy) is 1. The lowest BCUT2D eigenvalue weighted by molar-refractivity contribution is -0.386. The van der Waals surface area contributed by atoms with Crippen molar-refractivity contribution in [3.8, 4) is 5.75 Å². The molecule has 0 bridgehead atoms. The van der Waals surface area contributed by atoms with Gasteiger partial charge in [-0.05, 0) is 6.92 Å². The van der Waals surface area contributed by atoms with Gasteiger partial charge < -0.3 is 4.74 Å². The van der Waals surface area contributed by atoms with Gasteiger partial charge in [-0.2, -0.15) is 0 Å². The number of rotatable bonds is 3. The van der Waals surface area contributed by atoms with Crippen molar-refractivity contribution in [3.05, 3.63) is 28.6 Å². The zero-order valence-electron chi connectivity index (χ0n) is 8.56. The summed E-state index contributed by atoms with van der Waals surface area (Å²) in [7, 11) is 0. The number of aromatic nitrogens is 1. The molecular formula is C9H14N2O3. The number of nitrogens with zero attached hydrogens (tertiary/aromatic N) is 2. The molecule has 0 fully saturated rings. The van der Waals surface area contributed by atoms with Crippen molar-refractivity contribution in [2.24, 2.45) is 0 Å². The summed E-state index contributed by atoms with van der Waals surface area (Å²) in [6.07, 6.45) is 2.63. The predicted octanol–water partition coefficient (Wildman–Crippen LogP) is 2.41. The molecule has 0 unspecified atom stereocenters. The van der Waals surface area contributed by atoms with E-state index in [9.17, 15) is 10.1 Å². The van der Waals surface area contributed by atoms with E-state index in [1.807, 2.05) is 13.8 Å². The molecule has 1 heterocycles. The first kappa shape index (κ1) is 12.3. The molecule has 0 N–H and O–H groups in total. The van der Waals surface area contributed by atoms with Gasteiger partial charge in [0.05, 0.1) is 11.5 Å². The first-order valence-electron chi connectivity index (χ1n) is 4.47. The van der Waals surface area contributed by atoms with Crippen LogP contribution in [0.15, 0.2) is 18.5 Å². The molecule has 1 aromatic rings. The van der Waals surface area contributed by atoms with Gasteiger partial charge in [-0.3, -0.25) is 15.1 Å². The van der Waals surface area contributed by atoms with Crippen molar-refractivity contribution >= 4 is 5.69 Å². The summed E-state index contributed by atoms with van der Waals surface area (Å²) in [5.74, 6) is 0.262. The Morgan fingerprint density at radius 1 is 1.57 bits per heavy atom. The largest absolute Gasteiger partial charge is 0.487 e. The lowest BCUT2D eigenvalue weighted by Gasteiger charge is -2.01. The molecule has 0 aromatic carbocycles. The number of nitro groups is 1. The van der Waals surface area contributed by atoms with Crippen LogP contribution in [0, 0.1) is 10.1 Å². The van der Waals surface area contributed by atoms with E-state index in [2.05, 4.69) is 4.98 Å². The van der Waals surface area contributed by atoms with Gasteiger partial charge in [-0.25, -0.2) is 0 Å². The average molecular weight is 198 g/mol. The summed E-state index contributed by atoms with van der Waals surface area (Å²) in [5, 5.41) is 10.4. The Hall–Kier alpha value is -1.65. The van der Waals surface area contributed by atoms with Crippen LogP contribution in [0.4, 0.5) is 5.69 Å². The molecule has 0 saturated carbocycles. The maximum absolute atomic E-state index is 10.4. The fourth-order valence-electron chi connectivity index (χ4n) is 0.788. The van der Waals surface area contributed by atoms with Crippen molar-refractivity contribution in [2.45, 2.75) is 20.8 Å². The van der Waals surface area contributed by atoms with Crippen LogP contribution in [0.3, 0.4) is 0 Å². The van der Waals surface area contributed by atoms with Crippen LogP contribution >= 0.6 is 0 Å². The fraction of sp³-hybridized carbons (Fsp3) is 0.444. The highest BCUT2D eigenvalue weighted by Crippen LogP contribution is 2.24. The second-order valence-electron chi connectivity index (χ2n) is 2.03. The molecule has 0 aliphatic carbocycles. The summed E-state index contributed by atoms with van der Waals surface area (Å²) in [5.41, 5.74) is -0.0978. The molecule has 5 heteroatoms. The molecule has 0 aliphatic heterocycles. The standard InChI is InChI=1S/C7H8N2O3.C2H6/c1-2-12-7-3-4-8-5-6(7)9(10)11;1-2/h3-5H,2H2,1H3;1-2H3. The molecule has 0 radical (unpaired) electrons. The molecule has 1 aromatic heterocycles. The van der Waals surface area contributed by atoms with E-state index in [1.54, 1.807) is 6.92 Å². The molecule has 0 aliphatic rings. The molecule has 0 amide bonds. The first-order chi connectivity index (χ1) is 6.75. The molecule has 1 rings (SSSR count). The van der Waals surface area contributed by atoms with E-state index in [0.29, 0.717) is 6.61 Å². The van der Waals surface area contributed by atoms with Crippen molar-refractivity contribution in [1.29, 1.82) is 0 Å². The van der Waals surface area contributed by atoms with E-state index < -0.39 is 4.92 Å². The van der Waals surface area contributed by atoms with Gasteiger partial charge in [0.1, 0.15) is 6.20 Å². The SMILES string of the molecule is CC.CCOc1ccncc1[N+](=O)[O-]. The summed E-state index contributed by atoms with van der Waals surface area (Å²) < 4.78 is 5.02. The third-order valence-electron chi connectivity index (χ3n) is 1.26. The minimum atomic E-state index is -0.516. The Balaban J connectivity index is 0.000000791. The highest BCUT2D eigenvalue weighted by atomic mass is 16.6. The summed E-state index contributed by atoms with van der Waals surface area (Å²) in [6.45, 7) is 6.18. The molecule has 78 valence electrons. The molecular weight excluding hydrogens is 184 g/mol. The second-order valence-corrected chi connectivity index (χ2v) is 2.03. The second kappa shape index (κ2) is 6.82. The zero-order valence-corrected chi connectivity index (χ0v) is 8.56. The highest BCUT2D eigenvalue weighted by Gasteiger charge is 2.13. The monoisotopic (exact) mass is 198 g/mol. The van der Waals surface area contributed by atoms with Crippen molar-refractivity contribution in [3.63, 3.8) is 0 Å². The van der Waals surface area contributed by atoms with Gasteiger partial charge in [0.15, 0.2) is 5.75 Å². The van der Waals surface area contributed by atoms with Crippen LogP contribution in [0.2, 0.25) is 0 Å². The average Bonchev–Trinajstić information content (AvgIpc) is 2.22. The van der Waals surface area contributed by atoms with Crippen molar-refractivity contribution in [2.75, 3.05) is 6.61 Å². The third kappa shape index (κ3) is 3.38. The van der Waals surface area contributed by atoms with Crippen LogP contribution in [-0.2, 0) is 0 Å². The number of pyridine rings is 1. The van der Waals surface area contributed by atoms with Crippen molar-refractivity contribution in [1.82, 2.24) is 4.98 Å². The van der Waals surface area contributed by atoms with Gasteiger partial charge in [0.25, 0.3) is 0 Å². The Kier molecular flexibility index (Phi) is 6.02. The maximum atomic E-state index is 10.4. The minimum Gasteiger partial charge on any atom is -0.487 e. The highest BCUT2D eigenvalue weighted by molar-refractivity contribution is 5.42. The molecule has 0 spiro atoms. The van der Waals surface area contributed by atoms with Gasteiger partial charge in [0, 0.05) is 12.3 Å². The van der Waals surface area contributed by atoms with E-state index >= 15 is 0 Å². The van der Waals surface area contributed by atoms with E-state index in [4.69, 9.17) is 4.74 Å². The smallest absolute Gasteiger partial charge is 0.329 e. The molecule has 0 saturated heterocycles.